The second kappa shape index (κ2) is 2.65. The van der Waals surface area contributed by atoms with Gasteiger partial charge >= 0.3 is 0 Å². The summed E-state index contributed by atoms with van der Waals surface area (Å²) in [5.41, 5.74) is 7.59. The number of nitrogens with zero attached hydrogens (tertiary/aromatic N) is 1. The second-order valence-corrected chi connectivity index (χ2v) is 3.32. The van der Waals surface area contributed by atoms with Crippen LogP contribution in [0.5, 0.6) is 0 Å². The third-order valence-electron chi connectivity index (χ3n) is 2.32. The Morgan fingerprint density at radius 3 is 2.92 bits per heavy atom. The highest BCUT2D eigenvalue weighted by Gasteiger charge is 2.30. The minimum Gasteiger partial charge on any atom is -0.362 e. The van der Waals surface area contributed by atoms with Gasteiger partial charge in [-0.1, -0.05) is 0 Å². The quantitative estimate of drug-likeness (QED) is 0.686. The van der Waals surface area contributed by atoms with Crippen molar-refractivity contribution in [2.24, 2.45) is 11.7 Å². The molecular weight excluding hydrogens is 150 g/mol. The number of hydrogen-bond acceptors (Lipinski definition) is 2. The first-order valence-electron chi connectivity index (χ1n) is 4.15. The van der Waals surface area contributed by atoms with E-state index in [4.69, 9.17) is 11.0 Å². The SMILES string of the molecule is N#Cc1c[nH]c(C(N)C2CC2)c1. The summed E-state index contributed by atoms with van der Waals surface area (Å²) in [6.45, 7) is 0. The van der Waals surface area contributed by atoms with Crippen LogP contribution in [0.4, 0.5) is 0 Å². The van der Waals surface area contributed by atoms with Crippen molar-refractivity contribution >= 4 is 0 Å². The molecule has 3 heteroatoms. The maximum absolute atomic E-state index is 8.58. The average molecular weight is 161 g/mol. The zero-order valence-corrected chi connectivity index (χ0v) is 6.75. The number of H-pyrrole nitrogens is 1. The van der Waals surface area contributed by atoms with Gasteiger partial charge in [-0.25, -0.2) is 0 Å². The first kappa shape index (κ1) is 7.38. The summed E-state index contributed by atoms with van der Waals surface area (Å²) in [7, 11) is 0. The van der Waals surface area contributed by atoms with E-state index in [1.165, 1.54) is 12.8 Å². The van der Waals surface area contributed by atoms with Crippen molar-refractivity contribution in [2.45, 2.75) is 18.9 Å². The largest absolute Gasteiger partial charge is 0.362 e. The smallest absolute Gasteiger partial charge is 0.101 e. The fourth-order valence-corrected chi connectivity index (χ4v) is 1.38. The predicted octanol–water partition coefficient (Wildman–Crippen LogP) is 1.30. The molecule has 3 N–H and O–H groups in total. The number of nitriles is 1. The van der Waals surface area contributed by atoms with E-state index >= 15 is 0 Å². The topological polar surface area (TPSA) is 65.6 Å². The van der Waals surface area contributed by atoms with Gasteiger partial charge in [0.2, 0.25) is 0 Å². The van der Waals surface area contributed by atoms with Crippen molar-refractivity contribution in [3.63, 3.8) is 0 Å². The number of nitrogens with two attached hydrogens (primary N) is 1. The molecule has 1 aromatic heterocycles. The van der Waals surface area contributed by atoms with E-state index in [9.17, 15) is 0 Å². The van der Waals surface area contributed by atoms with Crippen molar-refractivity contribution in [2.75, 3.05) is 0 Å². The molecule has 1 fully saturated rings. The van der Waals surface area contributed by atoms with E-state index in [1.807, 2.05) is 6.07 Å². The average Bonchev–Trinajstić information content (AvgIpc) is 2.82. The van der Waals surface area contributed by atoms with Crippen molar-refractivity contribution in [1.29, 1.82) is 5.26 Å². The minimum atomic E-state index is 0.104. The van der Waals surface area contributed by atoms with Crippen LogP contribution in [0, 0.1) is 17.2 Å². The van der Waals surface area contributed by atoms with Gasteiger partial charge < -0.3 is 10.7 Å². The van der Waals surface area contributed by atoms with Gasteiger partial charge in [-0.15, -0.1) is 0 Å². The Morgan fingerprint density at radius 1 is 1.67 bits per heavy atom. The van der Waals surface area contributed by atoms with E-state index in [0.717, 1.165) is 5.69 Å². The molecule has 0 aliphatic heterocycles. The van der Waals surface area contributed by atoms with Crippen LogP contribution in [0.15, 0.2) is 12.3 Å². The normalized spacial score (nSPS) is 18.7. The second-order valence-electron chi connectivity index (χ2n) is 3.32. The van der Waals surface area contributed by atoms with E-state index in [0.29, 0.717) is 11.5 Å². The Morgan fingerprint density at radius 2 is 2.42 bits per heavy atom. The Labute approximate surface area is 71.2 Å². The molecule has 1 atom stereocenters. The summed E-state index contributed by atoms with van der Waals surface area (Å²) in [4.78, 5) is 3.03. The van der Waals surface area contributed by atoms with Gasteiger partial charge in [0.15, 0.2) is 0 Å². The molecule has 0 spiro atoms. The number of rotatable bonds is 2. The molecule has 1 aromatic rings. The summed E-state index contributed by atoms with van der Waals surface area (Å²) >= 11 is 0. The van der Waals surface area contributed by atoms with Crippen LogP contribution in [0.1, 0.15) is 30.1 Å². The molecule has 0 bridgehead atoms. The molecular formula is C9H11N3. The maximum atomic E-state index is 8.58. The van der Waals surface area contributed by atoms with Gasteiger partial charge in [0.25, 0.3) is 0 Å². The monoisotopic (exact) mass is 161 g/mol. The van der Waals surface area contributed by atoms with Crippen molar-refractivity contribution in [3.8, 4) is 6.07 Å². The molecule has 1 aliphatic carbocycles. The number of nitrogens with one attached hydrogen (secondary N) is 1. The van der Waals surface area contributed by atoms with Crippen LogP contribution in [-0.2, 0) is 0 Å². The van der Waals surface area contributed by atoms with E-state index < -0.39 is 0 Å². The summed E-state index contributed by atoms with van der Waals surface area (Å²) in [5.74, 6) is 0.634. The number of aromatic amines is 1. The van der Waals surface area contributed by atoms with E-state index in [2.05, 4.69) is 11.1 Å². The van der Waals surface area contributed by atoms with Crippen LogP contribution in [0.2, 0.25) is 0 Å². The third-order valence-corrected chi connectivity index (χ3v) is 2.32. The zero-order chi connectivity index (χ0) is 8.55. The molecule has 1 heterocycles. The van der Waals surface area contributed by atoms with Crippen molar-refractivity contribution < 1.29 is 0 Å². The standard InChI is InChI=1S/C9H11N3/c10-4-6-3-8(12-5-6)9(11)7-1-2-7/h3,5,7,9,12H,1-2,11H2. The highest BCUT2D eigenvalue weighted by atomic mass is 14.8. The molecule has 0 radical (unpaired) electrons. The minimum absolute atomic E-state index is 0.104. The molecule has 62 valence electrons. The summed E-state index contributed by atoms with van der Waals surface area (Å²) in [5, 5.41) is 8.58. The first-order chi connectivity index (χ1) is 5.81. The Bertz CT molecular complexity index is 317. The van der Waals surface area contributed by atoms with Crippen LogP contribution < -0.4 is 5.73 Å². The lowest BCUT2D eigenvalue weighted by atomic mass is 10.1. The molecule has 1 saturated carbocycles. The predicted molar refractivity (Wildman–Crippen MR) is 45.2 cm³/mol. The van der Waals surface area contributed by atoms with Gasteiger partial charge in [-0.3, -0.25) is 0 Å². The van der Waals surface area contributed by atoms with Crippen LogP contribution in [0.25, 0.3) is 0 Å². The molecule has 2 rings (SSSR count). The van der Waals surface area contributed by atoms with Gasteiger partial charge in [0, 0.05) is 17.9 Å². The molecule has 3 nitrogen and oxygen atoms in total. The summed E-state index contributed by atoms with van der Waals surface area (Å²) in [6, 6.07) is 4.01. The summed E-state index contributed by atoms with van der Waals surface area (Å²) in [6.07, 6.45) is 4.15. The van der Waals surface area contributed by atoms with Crippen LogP contribution >= 0.6 is 0 Å². The highest BCUT2D eigenvalue weighted by Crippen LogP contribution is 2.38. The Balaban J connectivity index is 2.17. The molecule has 1 aliphatic rings. The lowest BCUT2D eigenvalue weighted by Crippen LogP contribution is -2.12. The zero-order valence-electron chi connectivity index (χ0n) is 6.75. The van der Waals surface area contributed by atoms with Gasteiger partial charge in [0.05, 0.1) is 5.56 Å². The van der Waals surface area contributed by atoms with Crippen molar-refractivity contribution in [3.05, 3.63) is 23.5 Å². The van der Waals surface area contributed by atoms with Gasteiger partial charge in [-0.2, -0.15) is 5.26 Å². The Hall–Kier alpha value is -1.27. The third kappa shape index (κ3) is 1.21. The van der Waals surface area contributed by atoms with E-state index in [1.54, 1.807) is 6.20 Å². The fraction of sp³-hybridized carbons (Fsp3) is 0.444. The lowest BCUT2D eigenvalue weighted by molar-refractivity contribution is 0.618. The summed E-state index contributed by atoms with van der Waals surface area (Å²) < 4.78 is 0. The molecule has 0 amide bonds. The molecule has 12 heavy (non-hydrogen) atoms. The highest BCUT2D eigenvalue weighted by molar-refractivity contribution is 5.30. The van der Waals surface area contributed by atoms with Gasteiger partial charge in [0.1, 0.15) is 6.07 Å². The van der Waals surface area contributed by atoms with Crippen LogP contribution in [-0.4, -0.2) is 4.98 Å². The Kier molecular flexibility index (Phi) is 1.63. The molecule has 0 aromatic carbocycles. The molecule has 1 unspecified atom stereocenters. The lowest BCUT2D eigenvalue weighted by Gasteiger charge is -2.05. The van der Waals surface area contributed by atoms with Crippen molar-refractivity contribution in [1.82, 2.24) is 4.98 Å². The first-order valence-corrected chi connectivity index (χ1v) is 4.15. The fourth-order valence-electron chi connectivity index (χ4n) is 1.38. The van der Waals surface area contributed by atoms with Gasteiger partial charge in [-0.05, 0) is 24.8 Å². The van der Waals surface area contributed by atoms with E-state index in [-0.39, 0.29) is 6.04 Å². The number of hydrogen-bond donors (Lipinski definition) is 2. The number of aromatic nitrogens is 1. The maximum Gasteiger partial charge on any atom is 0.101 e. The molecule has 0 saturated heterocycles. The van der Waals surface area contributed by atoms with Crippen LogP contribution in [0.3, 0.4) is 0 Å².